The van der Waals surface area contributed by atoms with E-state index in [0.717, 1.165) is 18.5 Å². The van der Waals surface area contributed by atoms with Crippen LogP contribution in [-0.4, -0.2) is 32.2 Å². The van der Waals surface area contributed by atoms with Gasteiger partial charge in [0.05, 0.1) is 0 Å². The first-order chi connectivity index (χ1) is 5.36. The standard InChI is InChI=1S/C9H15OP.B/c10-8-3-4-9(7-8)11-5-1-2-6-11;/h9H,1-7H2;. The average molecular weight is 181 g/mol. The molecule has 1 unspecified atom stereocenters. The van der Waals surface area contributed by atoms with Gasteiger partial charge in [0.2, 0.25) is 0 Å². The third kappa shape index (κ3) is 2.10. The Balaban J connectivity index is 0.000000720. The molecular formula is C9H15BOP. The average Bonchev–Trinajstić information content (AvgIpc) is 2.55. The number of hydrogen-bond donors (Lipinski definition) is 0. The van der Waals surface area contributed by atoms with Gasteiger partial charge >= 0.3 is 0 Å². The lowest BCUT2D eigenvalue weighted by molar-refractivity contribution is -0.117. The largest absolute Gasteiger partial charge is 0.300 e. The Labute approximate surface area is 77.6 Å². The quantitative estimate of drug-likeness (QED) is 0.446. The molecule has 0 amide bonds. The molecule has 1 saturated heterocycles. The van der Waals surface area contributed by atoms with Gasteiger partial charge in [0, 0.05) is 21.3 Å². The second-order valence-corrected chi connectivity index (χ2v) is 6.48. The molecule has 1 heterocycles. The van der Waals surface area contributed by atoms with Crippen LogP contribution in [0.2, 0.25) is 0 Å². The van der Waals surface area contributed by atoms with Gasteiger partial charge in [-0.2, -0.15) is 0 Å². The molecule has 2 fully saturated rings. The van der Waals surface area contributed by atoms with E-state index < -0.39 is 0 Å². The summed E-state index contributed by atoms with van der Waals surface area (Å²) < 4.78 is 0. The van der Waals surface area contributed by atoms with Crippen molar-refractivity contribution >= 4 is 22.1 Å². The van der Waals surface area contributed by atoms with Crippen molar-refractivity contribution in [3.8, 4) is 0 Å². The van der Waals surface area contributed by atoms with Gasteiger partial charge in [-0.25, -0.2) is 0 Å². The summed E-state index contributed by atoms with van der Waals surface area (Å²) >= 11 is 0. The van der Waals surface area contributed by atoms with Crippen molar-refractivity contribution in [1.82, 2.24) is 0 Å². The number of ketones is 1. The van der Waals surface area contributed by atoms with E-state index in [0.29, 0.717) is 13.7 Å². The highest BCUT2D eigenvalue weighted by Gasteiger charge is 2.30. The van der Waals surface area contributed by atoms with E-state index in [1.54, 1.807) is 0 Å². The highest BCUT2D eigenvalue weighted by Crippen LogP contribution is 2.52. The number of carbonyl (C=O) groups is 1. The van der Waals surface area contributed by atoms with E-state index in [2.05, 4.69) is 0 Å². The second-order valence-electron chi connectivity index (χ2n) is 3.68. The predicted molar refractivity (Wildman–Crippen MR) is 54.3 cm³/mol. The normalized spacial score (nSPS) is 30.7. The lowest BCUT2D eigenvalue weighted by Gasteiger charge is -2.16. The third-order valence-electron chi connectivity index (χ3n) is 2.88. The van der Waals surface area contributed by atoms with Gasteiger partial charge in [-0.05, 0) is 37.2 Å². The highest BCUT2D eigenvalue weighted by atomic mass is 31.1. The Kier molecular flexibility index (Phi) is 3.77. The van der Waals surface area contributed by atoms with Gasteiger partial charge in [0.25, 0.3) is 0 Å². The van der Waals surface area contributed by atoms with E-state index in [-0.39, 0.29) is 8.41 Å². The zero-order valence-corrected chi connectivity index (χ0v) is 8.35. The molecule has 2 rings (SSSR count). The van der Waals surface area contributed by atoms with Crippen molar-refractivity contribution in [3.05, 3.63) is 0 Å². The fraction of sp³-hybridized carbons (Fsp3) is 0.889. The maximum absolute atomic E-state index is 11.0. The van der Waals surface area contributed by atoms with Crippen LogP contribution in [0.3, 0.4) is 0 Å². The number of rotatable bonds is 1. The van der Waals surface area contributed by atoms with Gasteiger partial charge in [0.1, 0.15) is 5.78 Å². The molecule has 0 spiro atoms. The monoisotopic (exact) mass is 181 g/mol. The Morgan fingerprint density at radius 3 is 2.42 bits per heavy atom. The van der Waals surface area contributed by atoms with Crippen molar-refractivity contribution in [2.75, 3.05) is 12.3 Å². The zero-order chi connectivity index (χ0) is 7.68. The maximum Gasteiger partial charge on any atom is 0.133 e. The Morgan fingerprint density at radius 1 is 1.25 bits per heavy atom. The van der Waals surface area contributed by atoms with Crippen LogP contribution in [-0.2, 0) is 4.79 Å². The zero-order valence-electron chi connectivity index (χ0n) is 7.46. The van der Waals surface area contributed by atoms with Crippen molar-refractivity contribution in [2.45, 2.75) is 37.8 Å². The van der Waals surface area contributed by atoms with Gasteiger partial charge < -0.3 is 0 Å². The molecule has 0 aromatic carbocycles. The van der Waals surface area contributed by atoms with Crippen LogP contribution in [0.25, 0.3) is 0 Å². The van der Waals surface area contributed by atoms with Crippen molar-refractivity contribution in [3.63, 3.8) is 0 Å². The van der Waals surface area contributed by atoms with E-state index in [4.69, 9.17) is 0 Å². The van der Waals surface area contributed by atoms with Crippen molar-refractivity contribution in [2.24, 2.45) is 0 Å². The summed E-state index contributed by atoms with van der Waals surface area (Å²) in [6, 6.07) is 0. The molecule has 0 bridgehead atoms. The van der Waals surface area contributed by atoms with Crippen molar-refractivity contribution < 1.29 is 4.79 Å². The van der Waals surface area contributed by atoms with Crippen molar-refractivity contribution in [1.29, 1.82) is 0 Å². The van der Waals surface area contributed by atoms with E-state index >= 15 is 0 Å². The maximum atomic E-state index is 11.0. The van der Waals surface area contributed by atoms with E-state index in [1.807, 2.05) is 0 Å². The molecule has 12 heavy (non-hydrogen) atoms. The van der Waals surface area contributed by atoms with E-state index in [9.17, 15) is 4.79 Å². The summed E-state index contributed by atoms with van der Waals surface area (Å²) in [4.78, 5) is 11.0. The number of hydrogen-bond acceptors (Lipinski definition) is 1. The summed E-state index contributed by atoms with van der Waals surface area (Å²) in [7, 11) is 0.306. The Hall–Kier alpha value is 0.165. The summed E-state index contributed by atoms with van der Waals surface area (Å²) in [6.45, 7) is 0. The first-order valence-electron chi connectivity index (χ1n) is 4.62. The van der Waals surface area contributed by atoms with Crippen LogP contribution in [0, 0.1) is 0 Å². The van der Waals surface area contributed by atoms with Crippen LogP contribution in [0.5, 0.6) is 0 Å². The first-order valence-corrected chi connectivity index (χ1v) is 6.40. The molecule has 0 aromatic heterocycles. The molecule has 1 aliphatic carbocycles. The van der Waals surface area contributed by atoms with Crippen LogP contribution >= 0.6 is 7.92 Å². The minimum absolute atomic E-state index is 0. The first kappa shape index (κ1) is 10.2. The molecule has 2 aliphatic rings. The smallest absolute Gasteiger partial charge is 0.133 e. The van der Waals surface area contributed by atoms with E-state index in [1.165, 1.54) is 31.6 Å². The Morgan fingerprint density at radius 2 is 1.92 bits per heavy atom. The van der Waals surface area contributed by atoms with Gasteiger partial charge in [-0.1, -0.05) is 0 Å². The SMILES string of the molecule is O=C1CCC(P2CCCC2)C1.[B]. The number of carbonyl (C=O) groups excluding carboxylic acids is 1. The molecule has 1 nitrogen and oxygen atoms in total. The summed E-state index contributed by atoms with van der Waals surface area (Å²) in [5, 5.41) is 0. The van der Waals surface area contributed by atoms with Gasteiger partial charge in [0.15, 0.2) is 0 Å². The molecule has 3 heteroatoms. The van der Waals surface area contributed by atoms with Gasteiger partial charge in [-0.3, -0.25) is 4.79 Å². The molecule has 0 N–H and O–H groups in total. The van der Waals surface area contributed by atoms with Crippen LogP contribution in [0.4, 0.5) is 0 Å². The van der Waals surface area contributed by atoms with Crippen LogP contribution in [0.1, 0.15) is 32.1 Å². The Bertz CT molecular complexity index is 166. The topological polar surface area (TPSA) is 17.1 Å². The lowest BCUT2D eigenvalue weighted by Crippen LogP contribution is -2.01. The summed E-state index contributed by atoms with van der Waals surface area (Å²) in [5.74, 6) is 0.532. The summed E-state index contributed by atoms with van der Waals surface area (Å²) in [5.41, 5.74) is 0.847. The fourth-order valence-corrected chi connectivity index (χ4v) is 5.38. The molecular weight excluding hydrogens is 166 g/mol. The van der Waals surface area contributed by atoms with Crippen LogP contribution in [0.15, 0.2) is 0 Å². The minimum atomic E-state index is 0. The highest BCUT2D eigenvalue weighted by molar-refractivity contribution is 7.58. The summed E-state index contributed by atoms with van der Waals surface area (Å²) in [6.07, 6.45) is 8.87. The molecule has 65 valence electrons. The van der Waals surface area contributed by atoms with Crippen LogP contribution < -0.4 is 0 Å². The number of Topliss-reactive ketones (excluding diaryl/α,β-unsaturated/α-hetero) is 1. The molecule has 1 aliphatic heterocycles. The minimum Gasteiger partial charge on any atom is -0.300 e. The third-order valence-corrected chi connectivity index (χ3v) is 6.13. The molecule has 3 radical (unpaired) electrons. The lowest BCUT2D eigenvalue weighted by atomic mass is 10.4. The fourth-order valence-electron chi connectivity index (χ4n) is 2.21. The molecule has 1 atom stereocenters. The van der Waals surface area contributed by atoms with Gasteiger partial charge in [-0.15, -0.1) is 7.92 Å². The predicted octanol–water partition coefficient (Wildman–Crippen LogP) is 2.00. The molecule has 1 saturated carbocycles. The molecule has 0 aromatic rings. The second kappa shape index (κ2) is 4.41.